The molecule has 3 aromatic rings. The number of ether oxygens (including phenoxy) is 1. The minimum absolute atomic E-state index is 0.0879. The summed E-state index contributed by atoms with van der Waals surface area (Å²) in [4.78, 5) is 48.9. The summed E-state index contributed by atoms with van der Waals surface area (Å²) >= 11 is 6.11. The Hall–Kier alpha value is -3.39. The third-order valence-corrected chi connectivity index (χ3v) is 5.77. The number of hydrogen-bond donors (Lipinski definition) is 1. The number of ketones is 1. The van der Waals surface area contributed by atoms with Crippen LogP contribution in [0.15, 0.2) is 42.7 Å². The van der Waals surface area contributed by atoms with Crippen LogP contribution >= 0.6 is 11.6 Å². The van der Waals surface area contributed by atoms with Crippen LogP contribution in [0.25, 0.3) is 10.9 Å². The Morgan fingerprint density at radius 1 is 1.19 bits per heavy atom. The van der Waals surface area contributed by atoms with Gasteiger partial charge in [0, 0.05) is 37.4 Å². The van der Waals surface area contributed by atoms with Gasteiger partial charge in [0.2, 0.25) is 0 Å². The number of fused-ring (bicyclic) bond motifs is 1. The summed E-state index contributed by atoms with van der Waals surface area (Å²) in [7, 11) is 1.46. The fraction of sp³-hybridized carbons (Fsp3) is 0.273. The van der Waals surface area contributed by atoms with Gasteiger partial charge in [-0.1, -0.05) is 29.8 Å². The fourth-order valence-corrected chi connectivity index (χ4v) is 4.07. The molecule has 3 heterocycles. The van der Waals surface area contributed by atoms with E-state index in [-0.39, 0.29) is 35.8 Å². The lowest BCUT2D eigenvalue weighted by Crippen LogP contribution is -2.56. The van der Waals surface area contributed by atoms with Crippen molar-refractivity contribution in [2.24, 2.45) is 0 Å². The number of aromatic amines is 1. The number of halogens is 1. The number of nitrogens with one attached hydrogen (secondary N) is 1. The van der Waals surface area contributed by atoms with E-state index in [1.807, 2.05) is 25.1 Å². The van der Waals surface area contributed by atoms with Crippen LogP contribution < -0.4 is 4.74 Å². The molecule has 2 aromatic heterocycles. The highest BCUT2D eigenvalue weighted by Crippen LogP contribution is 2.32. The fourth-order valence-electron chi connectivity index (χ4n) is 3.87. The Kier molecular flexibility index (Phi) is 5.65. The molecule has 1 unspecified atom stereocenters. The lowest BCUT2D eigenvalue weighted by Gasteiger charge is -2.39. The molecule has 0 aliphatic carbocycles. The Morgan fingerprint density at radius 2 is 1.94 bits per heavy atom. The Bertz CT molecular complexity index is 1160. The lowest BCUT2D eigenvalue weighted by atomic mass is 10.1. The maximum atomic E-state index is 13.0. The second-order valence-corrected chi connectivity index (χ2v) is 7.72. The molecule has 1 N–H and O–H groups in total. The third-order valence-electron chi connectivity index (χ3n) is 5.48. The van der Waals surface area contributed by atoms with Crippen LogP contribution in [-0.2, 0) is 4.79 Å². The normalized spacial score (nSPS) is 16.4. The van der Waals surface area contributed by atoms with Crippen molar-refractivity contribution in [3.05, 3.63) is 59.0 Å². The Labute approximate surface area is 183 Å². The first-order valence-corrected chi connectivity index (χ1v) is 10.2. The van der Waals surface area contributed by atoms with Crippen LogP contribution in [0.3, 0.4) is 0 Å². The summed E-state index contributed by atoms with van der Waals surface area (Å²) in [5, 5.41) is 0.607. The number of Topliss-reactive ketones (excluding diaryl/α,β-unsaturated/α-hetero) is 1. The summed E-state index contributed by atoms with van der Waals surface area (Å²) in [6.45, 7) is 2.76. The molecule has 2 amide bonds. The molecule has 1 fully saturated rings. The van der Waals surface area contributed by atoms with Crippen molar-refractivity contribution in [2.45, 2.75) is 13.0 Å². The number of carbonyl (C=O) groups excluding carboxylic acids is 3. The first-order valence-electron chi connectivity index (χ1n) is 9.81. The van der Waals surface area contributed by atoms with Gasteiger partial charge in [-0.25, -0.2) is 4.98 Å². The monoisotopic (exact) mass is 440 g/mol. The van der Waals surface area contributed by atoms with Crippen LogP contribution in [-0.4, -0.2) is 70.2 Å². The zero-order valence-corrected chi connectivity index (χ0v) is 17.8. The van der Waals surface area contributed by atoms with E-state index in [0.717, 1.165) is 0 Å². The summed E-state index contributed by atoms with van der Waals surface area (Å²) < 4.78 is 5.29. The van der Waals surface area contributed by atoms with Gasteiger partial charge in [-0.15, -0.1) is 0 Å². The number of methoxy groups -OCH3 is 1. The molecule has 1 saturated heterocycles. The summed E-state index contributed by atoms with van der Waals surface area (Å²) in [6, 6.07) is 8.78. The molecular formula is C22H21ClN4O4. The van der Waals surface area contributed by atoms with Gasteiger partial charge in [-0.05, 0) is 19.1 Å². The number of amides is 2. The van der Waals surface area contributed by atoms with E-state index in [1.54, 1.807) is 17.0 Å². The maximum absolute atomic E-state index is 13.0. The van der Waals surface area contributed by atoms with Gasteiger partial charge in [-0.2, -0.15) is 0 Å². The van der Waals surface area contributed by atoms with Gasteiger partial charge in [0.05, 0.1) is 29.8 Å². The van der Waals surface area contributed by atoms with E-state index < -0.39 is 11.7 Å². The van der Waals surface area contributed by atoms with Crippen molar-refractivity contribution in [3.63, 3.8) is 0 Å². The van der Waals surface area contributed by atoms with Gasteiger partial charge >= 0.3 is 0 Å². The maximum Gasteiger partial charge on any atom is 0.295 e. The topological polar surface area (TPSA) is 95.6 Å². The summed E-state index contributed by atoms with van der Waals surface area (Å²) in [5.41, 5.74) is 1.21. The molecule has 0 bridgehead atoms. The molecule has 8 nitrogen and oxygen atoms in total. The molecule has 1 aromatic carbocycles. The van der Waals surface area contributed by atoms with E-state index in [4.69, 9.17) is 16.3 Å². The van der Waals surface area contributed by atoms with Gasteiger partial charge < -0.3 is 19.5 Å². The second kappa shape index (κ2) is 8.39. The molecule has 9 heteroatoms. The third kappa shape index (κ3) is 3.74. The van der Waals surface area contributed by atoms with Crippen molar-refractivity contribution >= 4 is 40.1 Å². The van der Waals surface area contributed by atoms with Crippen LogP contribution in [0.2, 0.25) is 5.15 Å². The molecule has 0 saturated carbocycles. The molecule has 1 aliphatic heterocycles. The minimum atomic E-state index is -0.665. The number of benzene rings is 1. The van der Waals surface area contributed by atoms with E-state index in [1.165, 1.54) is 24.4 Å². The standard InChI is InChI=1S/C22H21ClN4O4/c1-13-12-26(8-9-27(13)21(29)14-6-4-3-5-7-14)22(30)19(28)15-10-24-18-17(15)16(31-2)11-25-20(18)23/h3-7,10-11,13,24H,8-9,12H2,1-2H3. The van der Waals surface area contributed by atoms with E-state index in [0.29, 0.717) is 28.8 Å². The minimum Gasteiger partial charge on any atom is -0.494 e. The van der Waals surface area contributed by atoms with Crippen LogP contribution in [0.4, 0.5) is 0 Å². The number of hydrogen-bond acceptors (Lipinski definition) is 5. The molecule has 0 radical (unpaired) electrons. The lowest BCUT2D eigenvalue weighted by molar-refractivity contribution is -0.128. The first-order chi connectivity index (χ1) is 14.9. The molecule has 4 rings (SSSR count). The average molecular weight is 441 g/mol. The van der Waals surface area contributed by atoms with Crippen molar-refractivity contribution in [1.82, 2.24) is 19.8 Å². The van der Waals surface area contributed by atoms with Crippen LogP contribution in [0.5, 0.6) is 5.75 Å². The zero-order valence-electron chi connectivity index (χ0n) is 17.1. The largest absolute Gasteiger partial charge is 0.494 e. The van der Waals surface area contributed by atoms with Gasteiger partial charge in [0.25, 0.3) is 17.6 Å². The predicted molar refractivity (Wildman–Crippen MR) is 116 cm³/mol. The highest BCUT2D eigenvalue weighted by molar-refractivity contribution is 6.45. The predicted octanol–water partition coefficient (Wildman–Crippen LogP) is 2.78. The second-order valence-electron chi connectivity index (χ2n) is 7.36. The van der Waals surface area contributed by atoms with Crippen molar-refractivity contribution < 1.29 is 19.1 Å². The highest BCUT2D eigenvalue weighted by atomic mass is 35.5. The number of rotatable bonds is 4. The number of H-pyrrole nitrogens is 1. The average Bonchev–Trinajstić information content (AvgIpc) is 3.24. The number of aromatic nitrogens is 2. The van der Waals surface area contributed by atoms with Crippen molar-refractivity contribution in [3.8, 4) is 5.75 Å². The summed E-state index contributed by atoms with van der Waals surface area (Å²) in [5.74, 6) is -1.03. The Morgan fingerprint density at radius 3 is 2.61 bits per heavy atom. The number of pyridine rings is 1. The van der Waals surface area contributed by atoms with Crippen molar-refractivity contribution in [1.29, 1.82) is 0 Å². The van der Waals surface area contributed by atoms with Gasteiger partial charge in [0.15, 0.2) is 5.15 Å². The molecule has 0 spiro atoms. The zero-order chi connectivity index (χ0) is 22.1. The Balaban J connectivity index is 1.52. The van der Waals surface area contributed by atoms with Crippen molar-refractivity contribution in [2.75, 3.05) is 26.7 Å². The molecule has 31 heavy (non-hydrogen) atoms. The number of nitrogens with zero attached hydrogens (tertiary/aromatic N) is 3. The molecular weight excluding hydrogens is 420 g/mol. The van der Waals surface area contributed by atoms with E-state index >= 15 is 0 Å². The molecule has 1 aliphatic rings. The molecule has 160 valence electrons. The van der Waals surface area contributed by atoms with Gasteiger partial charge in [-0.3, -0.25) is 14.4 Å². The van der Waals surface area contributed by atoms with Gasteiger partial charge in [0.1, 0.15) is 5.75 Å². The molecule has 1 atom stereocenters. The number of carbonyl (C=O) groups is 3. The quantitative estimate of drug-likeness (QED) is 0.382. The smallest absolute Gasteiger partial charge is 0.295 e. The SMILES string of the molecule is COc1cnc(Cl)c2[nH]cc(C(=O)C(=O)N3CCN(C(=O)c4ccccc4)C(C)C3)c12. The first kappa shape index (κ1) is 20.9. The number of piperazine rings is 1. The van der Waals surface area contributed by atoms with E-state index in [2.05, 4.69) is 9.97 Å². The highest BCUT2D eigenvalue weighted by Gasteiger charge is 2.34. The van der Waals surface area contributed by atoms with Crippen LogP contribution in [0, 0.1) is 0 Å². The van der Waals surface area contributed by atoms with E-state index in [9.17, 15) is 14.4 Å². The summed E-state index contributed by atoms with van der Waals surface area (Å²) in [6.07, 6.45) is 2.86. The van der Waals surface area contributed by atoms with Crippen LogP contribution in [0.1, 0.15) is 27.6 Å².